The summed E-state index contributed by atoms with van der Waals surface area (Å²) in [6.07, 6.45) is 10.9. The number of allylic oxidation sites excluding steroid dienone is 4. The second-order valence-corrected chi connectivity index (χ2v) is 12.3. The molecular weight excluding hydrogens is 538 g/mol. The predicted octanol–water partition coefficient (Wildman–Crippen LogP) is 8.59. The maximum Gasteiger partial charge on any atom is 0.200 e. The number of ether oxygens (including phenoxy) is 1. The van der Waals surface area contributed by atoms with Crippen molar-refractivity contribution in [3.05, 3.63) is 156 Å². The van der Waals surface area contributed by atoms with Crippen LogP contribution in [0.25, 0.3) is 21.9 Å². The van der Waals surface area contributed by atoms with Gasteiger partial charge in [0.25, 0.3) is 0 Å². The number of hydrogen-bond donors (Lipinski definition) is 1. The van der Waals surface area contributed by atoms with Crippen LogP contribution in [-0.2, 0) is 0 Å². The summed E-state index contributed by atoms with van der Waals surface area (Å²) in [6, 6.07) is 36.5. The number of nitrogens with one attached hydrogen (secondary N) is 1. The van der Waals surface area contributed by atoms with E-state index in [4.69, 9.17) is 14.7 Å². The lowest BCUT2D eigenvalue weighted by Crippen LogP contribution is -2.53. The Balaban J connectivity index is 1.16. The van der Waals surface area contributed by atoms with Gasteiger partial charge in [0.05, 0.1) is 5.92 Å². The number of hydrogen-bond acceptors (Lipinski definition) is 4. The molecule has 1 aliphatic carbocycles. The summed E-state index contributed by atoms with van der Waals surface area (Å²) in [4.78, 5) is 10.0. The van der Waals surface area contributed by atoms with Gasteiger partial charge in [0.1, 0.15) is 11.4 Å². The average Bonchev–Trinajstić information content (AvgIpc) is 3.46. The van der Waals surface area contributed by atoms with Gasteiger partial charge < -0.3 is 10.1 Å². The molecule has 6 atom stereocenters. The summed E-state index contributed by atoms with van der Waals surface area (Å²) in [7, 11) is 0. The molecule has 4 nitrogen and oxygen atoms in total. The molecule has 0 fully saturated rings. The van der Waals surface area contributed by atoms with Crippen LogP contribution < -0.4 is 10.1 Å². The fourth-order valence-corrected chi connectivity index (χ4v) is 7.45. The minimum absolute atomic E-state index is 0.0937. The van der Waals surface area contributed by atoms with E-state index in [0.717, 1.165) is 28.4 Å². The van der Waals surface area contributed by atoms with Crippen LogP contribution >= 0.6 is 0 Å². The van der Waals surface area contributed by atoms with Crippen LogP contribution in [0.4, 0.5) is 0 Å². The van der Waals surface area contributed by atoms with E-state index >= 15 is 0 Å². The number of rotatable bonds is 5. The second kappa shape index (κ2) is 10.9. The van der Waals surface area contributed by atoms with Gasteiger partial charge in [0.15, 0.2) is 5.84 Å². The van der Waals surface area contributed by atoms with Crippen molar-refractivity contribution in [1.29, 1.82) is 0 Å². The van der Waals surface area contributed by atoms with Gasteiger partial charge in [-0.1, -0.05) is 122 Å². The lowest BCUT2D eigenvalue weighted by molar-refractivity contribution is 0.157. The molecule has 216 valence electrons. The highest BCUT2D eigenvalue weighted by Gasteiger charge is 2.47. The molecule has 4 heteroatoms. The fraction of sp³-hybridized carbons (Fsp3) is 0.200. The van der Waals surface area contributed by atoms with Gasteiger partial charge in [0.2, 0.25) is 6.23 Å². The maximum absolute atomic E-state index is 6.51. The van der Waals surface area contributed by atoms with E-state index in [1.165, 1.54) is 27.5 Å². The standard InChI is InChI=1S/C40H35N3O/c1-25-22-28-14-6-7-15-29(28)23-34(25)32-17-9-8-16-31(32)26(2)38-37-33-18-10-11-19-36(33)44-40(37)43-39(42-38)35-21-20-30(24-41-35)27-12-4-3-5-13-27/h3-24,26,31-32,37-38,40H,1-2H3,(H,42,43). The smallest absolute Gasteiger partial charge is 0.200 e. The molecule has 0 saturated heterocycles. The Bertz CT molecular complexity index is 1920. The molecule has 3 aliphatic rings. The van der Waals surface area contributed by atoms with Crippen molar-refractivity contribution in [3.63, 3.8) is 0 Å². The van der Waals surface area contributed by atoms with Gasteiger partial charge in [-0.05, 0) is 58.4 Å². The molecule has 8 rings (SSSR count). The summed E-state index contributed by atoms with van der Waals surface area (Å²) < 4.78 is 6.51. The Morgan fingerprint density at radius 2 is 1.50 bits per heavy atom. The van der Waals surface area contributed by atoms with E-state index in [2.05, 4.69) is 134 Å². The summed E-state index contributed by atoms with van der Waals surface area (Å²) in [5.41, 5.74) is 7.03. The predicted molar refractivity (Wildman–Crippen MR) is 179 cm³/mol. The van der Waals surface area contributed by atoms with E-state index in [0.29, 0.717) is 5.92 Å². The molecule has 0 spiro atoms. The number of amidine groups is 1. The van der Waals surface area contributed by atoms with Crippen molar-refractivity contribution in [2.45, 2.75) is 38.0 Å². The molecule has 6 unspecified atom stereocenters. The van der Waals surface area contributed by atoms with Gasteiger partial charge in [-0.15, -0.1) is 0 Å². The van der Waals surface area contributed by atoms with Gasteiger partial charge >= 0.3 is 0 Å². The van der Waals surface area contributed by atoms with E-state index in [-0.39, 0.29) is 30.0 Å². The van der Waals surface area contributed by atoms with E-state index < -0.39 is 0 Å². The van der Waals surface area contributed by atoms with Gasteiger partial charge in [-0.25, -0.2) is 4.99 Å². The third-order valence-corrected chi connectivity index (χ3v) is 9.74. The highest BCUT2D eigenvalue weighted by atomic mass is 16.5. The van der Waals surface area contributed by atoms with E-state index in [1.807, 2.05) is 18.3 Å². The number of benzene rings is 4. The van der Waals surface area contributed by atoms with Crippen LogP contribution in [0, 0.1) is 18.8 Å². The van der Waals surface area contributed by atoms with E-state index in [1.54, 1.807) is 0 Å². The topological polar surface area (TPSA) is 46.5 Å². The number of aromatic nitrogens is 1. The molecule has 0 radical (unpaired) electrons. The minimum Gasteiger partial charge on any atom is -0.468 e. The molecule has 4 aromatic carbocycles. The molecule has 2 aliphatic heterocycles. The molecule has 1 aromatic heterocycles. The number of nitrogens with zero attached hydrogens (tertiary/aromatic N) is 2. The minimum atomic E-state index is -0.296. The van der Waals surface area contributed by atoms with Crippen molar-refractivity contribution < 1.29 is 4.74 Å². The lowest BCUT2D eigenvalue weighted by atomic mass is 9.69. The third-order valence-electron chi connectivity index (χ3n) is 9.74. The van der Waals surface area contributed by atoms with Gasteiger partial charge in [-0.3, -0.25) is 4.98 Å². The summed E-state index contributed by atoms with van der Waals surface area (Å²) in [5.74, 6) is 2.65. The van der Waals surface area contributed by atoms with E-state index in [9.17, 15) is 0 Å². The van der Waals surface area contributed by atoms with Crippen molar-refractivity contribution in [2.75, 3.05) is 0 Å². The normalized spacial score (nSPS) is 24.1. The monoisotopic (exact) mass is 573 g/mol. The highest BCUT2D eigenvalue weighted by molar-refractivity contribution is 5.98. The summed E-state index contributed by atoms with van der Waals surface area (Å²) in [6.45, 7) is 4.64. The van der Waals surface area contributed by atoms with Crippen molar-refractivity contribution >= 4 is 16.6 Å². The second-order valence-electron chi connectivity index (χ2n) is 12.3. The first kappa shape index (κ1) is 26.7. The summed E-state index contributed by atoms with van der Waals surface area (Å²) >= 11 is 0. The van der Waals surface area contributed by atoms with Crippen LogP contribution in [0.2, 0.25) is 0 Å². The molecule has 5 aromatic rings. The number of aryl methyl sites for hydroxylation is 1. The zero-order chi connectivity index (χ0) is 29.6. The van der Waals surface area contributed by atoms with Gasteiger partial charge in [-0.2, -0.15) is 0 Å². The molecular formula is C40H35N3O. The first-order chi connectivity index (χ1) is 21.6. The zero-order valence-electron chi connectivity index (χ0n) is 25.0. The number of aliphatic imine (C=N–C) groups is 1. The quantitative estimate of drug-likeness (QED) is 0.229. The Hall–Kier alpha value is -4.96. The molecule has 3 heterocycles. The van der Waals surface area contributed by atoms with Crippen LogP contribution in [0.15, 0.2) is 139 Å². The average molecular weight is 574 g/mol. The van der Waals surface area contributed by atoms with Crippen LogP contribution in [0.3, 0.4) is 0 Å². The Labute approximate surface area is 258 Å². The number of para-hydroxylation sites is 1. The maximum atomic E-state index is 6.51. The number of fused-ring (bicyclic) bond motifs is 4. The third kappa shape index (κ3) is 4.62. The first-order valence-electron chi connectivity index (χ1n) is 15.6. The fourth-order valence-electron chi connectivity index (χ4n) is 7.45. The van der Waals surface area contributed by atoms with Crippen LogP contribution in [-0.4, -0.2) is 23.1 Å². The SMILES string of the molecule is Cc1cc2ccccc2cc1C1C=CC=CC1C(C)C1NC(c2ccc(-c3ccccc3)cn2)=NC2Oc3ccccc3C21. The lowest BCUT2D eigenvalue weighted by Gasteiger charge is -2.41. The highest BCUT2D eigenvalue weighted by Crippen LogP contribution is 2.48. The Morgan fingerprint density at radius 3 is 2.32 bits per heavy atom. The molecule has 0 amide bonds. The molecule has 0 bridgehead atoms. The van der Waals surface area contributed by atoms with Crippen molar-refractivity contribution in [3.8, 4) is 16.9 Å². The van der Waals surface area contributed by atoms with Crippen molar-refractivity contribution in [2.24, 2.45) is 16.8 Å². The van der Waals surface area contributed by atoms with Gasteiger partial charge in [0, 0.05) is 29.3 Å². The molecule has 1 N–H and O–H groups in total. The largest absolute Gasteiger partial charge is 0.468 e. The number of pyridine rings is 1. The molecule has 0 saturated carbocycles. The summed E-state index contributed by atoms with van der Waals surface area (Å²) in [5, 5.41) is 6.48. The Kier molecular flexibility index (Phi) is 6.63. The first-order valence-corrected chi connectivity index (χ1v) is 15.6. The zero-order valence-corrected chi connectivity index (χ0v) is 25.0. The van der Waals surface area contributed by atoms with Crippen molar-refractivity contribution in [1.82, 2.24) is 10.3 Å². The Morgan fingerprint density at radius 1 is 0.750 bits per heavy atom. The molecule has 44 heavy (non-hydrogen) atoms. The van der Waals surface area contributed by atoms with Crippen LogP contribution in [0.1, 0.15) is 41.1 Å². The van der Waals surface area contributed by atoms with Crippen LogP contribution in [0.5, 0.6) is 5.75 Å².